The monoisotopic (exact) mass is 421 g/mol. The Labute approximate surface area is 194 Å². The van der Waals surface area contributed by atoms with Crippen molar-refractivity contribution < 1.29 is 0 Å². The van der Waals surface area contributed by atoms with E-state index in [0.717, 1.165) is 13.1 Å². The summed E-state index contributed by atoms with van der Waals surface area (Å²) in [7, 11) is 0. The van der Waals surface area contributed by atoms with Gasteiger partial charge in [0, 0.05) is 18.5 Å². The van der Waals surface area contributed by atoms with Crippen molar-refractivity contribution in [1.82, 2.24) is 5.32 Å². The van der Waals surface area contributed by atoms with Gasteiger partial charge in [0.05, 0.1) is 0 Å². The van der Waals surface area contributed by atoms with Crippen LogP contribution in [0.5, 0.6) is 0 Å². The second kappa shape index (κ2) is 11.5. The van der Waals surface area contributed by atoms with E-state index in [-0.39, 0.29) is 5.41 Å². The van der Waals surface area contributed by atoms with E-state index in [9.17, 15) is 0 Å². The van der Waals surface area contributed by atoms with Gasteiger partial charge < -0.3 is 5.32 Å². The molecule has 0 heterocycles. The van der Waals surface area contributed by atoms with Crippen LogP contribution in [-0.4, -0.2) is 0 Å². The molecule has 0 aliphatic rings. The average molecular weight is 422 g/mol. The highest BCUT2D eigenvalue weighted by molar-refractivity contribution is 5.44. The molecule has 0 aliphatic heterocycles. The van der Waals surface area contributed by atoms with E-state index in [0.29, 0.717) is 0 Å². The molecule has 1 nitrogen and oxygen atoms in total. The van der Waals surface area contributed by atoms with Gasteiger partial charge in [-0.1, -0.05) is 123 Å². The number of hydrogen-bond acceptors (Lipinski definition) is 1. The number of nitrogens with one attached hydrogen (secondary N) is 1. The minimum absolute atomic E-state index is 0.0662. The SMILES string of the molecule is Cc1ccccc1C(C)(C)c1ccccc1C.c1ccc(CNCc2ccccc2)cc1. The van der Waals surface area contributed by atoms with Gasteiger partial charge in [-0.05, 0) is 47.2 Å². The molecule has 1 N–H and O–H groups in total. The number of benzene rings is 4. The van der Waals surface area contributed by atoms with Gasteiger partial charge >= 0.3 is 0 Å². The van der Waals surface area contributed by atoms with Crippen molar-refractivity contribution >= 4 is 0 Å². The zero-order valence-corrected chi connectivity index (χ0v) is 19.8. The fraction of sp³-hybridized carbons (Fsp3) is 0.226. The van der Waals surface area contributed by atoms with Gasteiger partial charge in [0.2, 0.25) is 0 Å². The largest absolute Gasteiger partial charge is 0.309 e. The molecule has 0 unspecified atom stereocenters. The first kappa shape index (κ1) is 23.5. The minimum atomic E-state index is 0.0662. The smallest absolute Gasteiger partial charge is 0.0208 e. The molecule has 0 spiro atoms. The van der Waals surface area contributed by atoms with E-state index >= 15 is 0 Å². The number of aryl methyl sites for hydroxylation is 2. The molecule has 0 radical (unpaired) electrons. The van der Waals surface area contributed by atoms with Crippen LogP contribution in [0.1, 0.15) is 47.2 Å². The fourth-order valence-corrected chi connectivity index (χ4v) is 4.24. The Bertz CT molecular complexity index is 994. The van der Waals surface area contributed by atoms with E-state index in [4.69, 9.17) is 0 Å². The van der Waals surface area contributed by atoms with Crippen LogP contribution in [0.3, 0.4) is 0 Å². The lowest BCUT2D eigenvalue weighted by molar-refractivity contribution is 0.631. The van der Waals surface area contributed by atoms with Crippen molar-refractivity contribution in [2.24, 2.45) is 0 Å². The number of rotatable bonds is 6. The normalized spacial score (nSPS) is 10.9. The molecular weight excluding hydrogens is 386 g/mol. The van der Waals surface area contributed by atoms with E-state index < -0.39 is 0 Å². The predicted molar refractivity (Wildman–Crippen MR) is 138 cm³/mol. The molecule has 32 heavy (non-hydrogen) atoms. The minimum Gasteiger partial charge on any atom is -0.309 e. The van der Waals surface area contributed by atoms with Crippen molar-refractivity contribution in [3.63, 3.8) is 0 Å². The molecule has 4 aromatic carbocycles. The van der Waals surface area contributed by atoms with Crippen LogP contribution in [0.15, 0.2) is 109 Å². The molecule has 4 rings (SSSR count). The zero-order valence-electron chi connectivity index (χ0n) is 19.8. The van der Waals surface area contributed by atoms with Gasteiger partial charge in [-0.2, -0.15) is 0 Å². The van der Waals surface area contributed by atoms with Gasteiger partial charge in [-0.15, -0.1) is 0 Å². The third-order valence-corrected chi connectivity index (χ3v) is 5.98. The van der Waals surface area contributed by atoms with Gasteiger partial charge in [0.1, 0.15) is 0 Å². The molecule has 1 heteroatoms. The first-order valence-electron chi connectivity index (χ1n) is 11.4. The lowest BCUT2D eigenvalue weighted by Gasteiger charge is -2.29. The summed E-state index contributed by atoms with van der Waals surface area (Å²) >= 11 is 0. The van der Waals surface area contributed by atoms with Crippen LogP contribution in [0.4, 0.5) is 0 Å². The van der Waals surface area contributed by atoms with Crippen LogP contribution in [0.2, 0.25) is 0 Å². The van der Waals surface area contributed by atoms with Crippen molar-refractivity contribution in [2.75, 3.05) is 0 Å². The van der Waals surface area contributed by atoms with E-state index in [2.05, 4.69) is 130 Å². The van der Waals surface area contributed by atoms with E-state index in [1.807, 2.05) is 12.1 Å². The summed E-state index contributed by atoms with van der Waals surface area (Å²) in [6.45, 7) is 10.8. The fourth-order valence-electron chi connectivity index (χ4n) is 4.24. The quantitative estimate of drug-likeness (QED) is 0.338. The maximum Gasteiger partial charge on any atom is 0.0208 e. The molecule has 0 amide bonds. The Morgan fingerprint density at radius 1 is 0.500 bits per heavy atom. The Balaban J connectivity index is 0.000000182. The highest BCUT2D eigenvalue weighted by Gasteiger charge is 2.25. The standard InChI is InChI=1S/C17H20.C14H15N/c1-13-9-5-7-11-15(13)17(3,4)16-12-8-6-10-14(16)2;1-3-7-13(8-4-1)11-15-12-14-9-5-2-6-10-14/h5-12H,1-4H3;1-10,15H,11-12H2. The first-order chi connectivity index (χ1) is 15.5. The summed E-state index contributed by atoms with van der Waals surface area (Å²) in [5, 5.41) is 3.42. The van der Waals surface area contributed by atoms with Crippen LogP contribution >= 0.6 is 0 Å². The summed E-state index contributed by atoms with van der Waals surface area (Å²) in [6, 6.07) is 38.2. The molecule has 0 aromatic heterocycles. The third-order valence-electron chi connectivity index (χ3n) is 5.98. The average Bonchev–Trinajstić information content (AvgIpc) is 2.81. The summed E-state index contributed by atoms with van der Waals surface area (Å²) in [5.74, 6) is 0. The van der Waals surface area contributed by atoms with Crippen molar-refractivity contribution in [2.45, 2.75) is 46.2 Å². The highest BCUT2D eigenvalue weighted by atomic mass is 14.8. The molecular formula is C31H35N. The van der Waals surface area contributed by atoms with Gasteiger partial charge in [-0.25, -0.2) is 0 Å². The van der Waals surface area contributed by atoms with E-state index in [1.54, 1.807) is 0 Å². The van der Waals surface area contributed by atoms with E-state index in [1.165, 1.54) is 33.4 Å². The Morgan fingerprint density at radius 3 is 1.22 bits per heavy atom. The van der Waals surface area contributed by atoms with Crippen LogP contribution < -0.4 is 5.32 Å². The van der Waals surface area contributed by atoms with Crippen molar-refractivity contribution in [3.8, 4) is 0 Å². The summed E-state index contributed by atoms with van der Waals surface area (Å²) in [4.78, 5) is 0. The molecule has 0 bridgehead atoms. The summed E-state index contributed by atoms with van der Waals surface area (Å²) < 4.78 is 0. The molecule has 0 saturated carbocycles. The molecule has 4 aromatic rings. The Morgan fingerprint density at radius 2 is 0.844 bits per heavy atom. The molecule has 0 atom stereocenters. The van der Waals surface area contributed by atoms with Crippen LogP contribution in [0, 0.1) is 13.8 Å². The second-order valence-corrected chi connectivity index (χ2v) is 8.83. The zero-order chi connectivity index (χ0) is 22.8. The first-order valence-corrected chi connectivity index (χ1v) is 11.4. The predicted octanol–water partition coefficient (Wildman–Crippen LogP) is 7.61. The highest BCUT2D eigenvalue weighted by Crippen LogP contribution is 2.34. The van der Waals surface area contributed by atoms with Crippen LogP contribution in [-0.2, 0) is 18.5 Å². The summed E-state index contributed by atoms with van der Waals surface area (Å²) in [5.41, 5.74) is 8.27. The molecule has 0 fully saturated rings. The second-order valence-electron chi connectivity index (χ2n) is 8.83. The van der Waals surface area contributed by atoms with Gasteiger partial charge in [0.15, 0.2) is 0 Å². The Kier molecular flexibility index (Phi) is 8.41. The molecule has 0 saturated heterocycles. The molecule has 164 valence electrons. The molecule has 0 aliphatic carbocycles. The van der Waals surface area contributed by atoms with Gasteiger partial charge in [-0.3, -0.25) is 0 Å². The summed E-state index contributed by atoms with van der Waals surface area (Å²) in [6.07, 6.45) is 0. The topological polar surface area (TPSA) is 12.0 Å². The third kappa shape index (κ3) is 6.42. The lowest BCUT2D eigenvalue weighted by atomic mass is 9.75. The van der Waals surface area contributed by atoms with Crippen molar-refractivity contribution in [3.05, 3.63) is 143 Å². The lowest BCUT2D eigenvalue weighted by Crippen LogP contribution is -2.21. The number of hydrogen-bond donors (Lipinski definition) is 1. The van der Waals surface area contributed by atoms with Crippen LogP contribution in [0.25, 0.3) is 0 Å². The Hall–Kier alpha value is -3.16. The van der Waals surface area contributed by atoms with Gasteiger partial charge in [0.25, 0.3) is 0 Å². The maximum atomic E-state index is 3.42. The maximum absolute atomic E-state index is 3.42. The van der Waals surface area contributed by atoms with Crippen molar-refractivity contribution in [1.29, 1.82) is 0 Å².